The summed E-state index contributed by atoms with van der Waals surface area (Å²) in [5.41, 5.74) is 1.76. The molecule has 0 N–H and O–H groups in total. The maximum absolute atomic E-state index is 5.30. The minimum atomic E-state index is 0.805. The van der Waals surface area contributed by atoms with Crippen LogP contribution in [-0.4, -0.2) is 31.4 Å². The van der Waals surface area contributed by atoms with Gasteiger partial charge in [-0.1, -0.05) is 12.1 Å². The lowest BCUT2D eigenvalue weighted by Gasteiger charge is -2.11. The van der Waals surface area contributed by atoms with E-state index in [4.69, 9.17) is 4.74 Å². The standard InChI is InChI=1S/C13H15N3O/c1-16(2)13-9-8-11(14-15-13)10-6-4-5-7-12(10)17-3/h4-9H,1-3H3. The molecule has 0 unspecified atom stereocenters. The topological polar surface area (TPSA) is 38.2 Å². The van der Waals surface area contributed by atoms with Gasteiger partial charge in [0.05, 0.1) is 12.8 Å². The maximum atomic E-state index is 5.30. The molecule has 1 aromatic heterocycles. The molecule has 0 saturated heterocycles. The predicted molar refractivity (Wildman–Crippen MR) is 68.3 cm³/mol. The summed E-state index contributed by atoms with van der Waals surface area (Å²) in [6, 6.07) is 11.7. The molecule has 2 rings (SSSR count). The molecule has 17 heavy (non-hydrogen) atoms. The van der Waals surface area contributed by atoms with E-state index in [0.29, 0.717) is 0 Å². The van der Waals surface area contributed by atoms with Crippen LogP contribution in [0.5, 0.6) is 5.75 Å². The summed E-state index contributed by atoms with van der Waals surface area (Å²) in [6.45, 7) is 0. The van der Waals surface area contributed by atoms with Crippen LogP contribution in [0.2, 0.25) is 0 Å². The van der Waals surface area contributed by atoms with Crippen LogP contribution in [0, 0.1) is 0 Å². The maximum Gasteiger partial charge on any atom is 0.150 e. The summed E-state index contributed by atoms with van der Waals surface area (Å²) >= 11 is 0. The number of hydrogen-bond donors (Lipinski definition) is 0. The molecule has 0 aliphatic carbocycles. The zero-order chi connectivity index (χ0) is 12.3. The number of hydrogen-bond acceptors (Lipinski definition) is 4. The van der Waals surface area contributed by atoms with E-state index in [2.05, 4.69) is 10.2 Å². The number of benzene rings is 1. The van der Waals surface area contributed by atoms with Crippen molar-refractivity contribution in [2.24, 2.45) is 0 Å². The minimum Gasteiger partial charge on any atom is -0.496 e. The van der Waals surface area contributed by atoms with Crippen molar-refractivity contribution in [3.63, 3.8) is 0 Å². The van der Waals surface area contributed by atoms with Gasteiger partial charge in [-0.05, 0) is 24.3 Å². The highest BCUT2D eigenvalue weighted by Gasteiger charge is 2.07. The second-order valence-electron chi connectivity index (χ2n) is 3.87. The van der Waals surface area contributed by atoms with Crippen LogP contribution in [0.4, 0.5) is 5.82 Å². The van der Waals surface area contributed by atoms with E-state index in [0.717, 1.165) is 22.8 Å². The molecule has 0 atom stereocenters. The molecule has 4 heteroatoms. The molecule has 0 bridgehead atoms. The van der Waals surface area contributed by atoms with E-state index in [1.54, 1.807) is 7.11 Å². The molecular formula is C13H15N3O. The first-order valence-electron chi connectivity index (χ1n) is 5.37. The average molecular weight is 229 g/mol. The molecule has 2 aromatic rings. The molecule has 0 aliphatic heterocycles. The first-order chi connectivity index (χ1) is 8.22. The summed E-state index contributed by atoms with van der Waals surface area (Å²) < 4.78 is 5.30. The third-order valence-corrected chi connectivity index (χ3v) is 2.49. The van der Waals surface area contributed by atoms with Crippen molar-refractivity contribution in [1.29, 1.82) is 0 Å². The normalized spacial score (nSPS) is 10.1. The van der Waals surface area contributed by atoms with Crippen LogP contribution in [0.25, 0.3) is 11.3 Å². The van der Waals surface area contributed by atoms with Gasteiger partial charge in [-0.25, -0.2) is 0 Å². The lowest BCUT2D eigenvalue weighted by molar-refractivity contribution is 0.416. The third-order valence-electron chi connectivity index (χ3n) is 2.49. The number of rotatable bonds is 3. The van der Waals surface area contributed by atoms with E-state index >= 15 is 0 Å². The third kappa shape index (κ3) is 2.36. The zero-order valence-corrected chi connectivity index (χ0v) is 10.2. The molecule has 4 nitrogen and oxygen atoms in total. The molecule has 0 radical (unpaired) electrons. The van der Waals surface area contributed by atoms with E-state index in [1.165, 1.54) is 0 Å². The van der Waals surface area contributed by atoms with Gasteiger partial charge in [0.25, 0.3) is 0 Å². The number of anilines is 1. The Bertz CT molecular complexity index is 494. The first kappa shape index (κ1) is 11.4. The summed E-state index contributed by atoms with van der Waals surface area (Å²) in [7, 11) is 5.53. The fourth-order valence-corrected chi connectivity index (χ4v) is 1.56. The Kier molecular flexibility index (Phi) is 3.23. The molecule has 1 heterocycles. The molecule has 0 fully saturated rings. The van der Waals surface area contributed by atoms with Gasteiger partial charge < -0.3 is 9.64 Å². The Balaban J connectivity index is 2.40. The van der Waals surface area contributed by atoms with Crippen LogP contribution in [0.3, 0.4) is 0 Å². The largest absolute Gasteiger partial charge is 0.496 e. The minimum absolute atomic E-state index is 0.805. The lowest BCUT2D eigenvalue weighted by Crippen LogP contribution is -2.11. The van der Waals surface area contributed by atoms with Gasteiger partial charge in [-0.15, -0.1) is 10.2 Å². The summed E-state index contributed by atoms with van der Waals surface area (Å²) in [6.07, 6.45) is 0. The number of aromatic nitrogens is 2. The van der Waals surface area contributed by atoms with E-state index < -0.39 is 0 Å². The summed E-state index contributed by atoms with van der Waals surface area (Å²) in [5, 5.41) is 8.36. The van der Waals surface area contributed by atoms with Crippen molar-refractivity contribution >= 4 is 5.82 Å². The Morgan fingerprint density at radius 1 is 1.00 bits per heavy atom. The predicted octanol–water partition coefficient (Wildman–Crippen LogP) is 2.22. The molecule has 0 saturated carbocycles. The van der Waals surface area contributed by atoms with Crippen molar-refractivity contribution < 1.29 is 4.74 Å². The smallest absolute Gasteiger partial charge is 0.150 e. The van der Waals surface area contributed by atoms with E-state index in [1.807, 2.05) is 55.4 Å². The van der Waals surface area contributed by atoms with Crippen molar-refractivity contribution in [1.82, 2.24) is 10.2 Å². The van der Waals surface area contributed by atoms with Crippen LogP contribution in [0.1, 0.15) is 0 Å². The highest BCUT2D eigenvalue weighted by atomic mass is 16.5. The molecule has 0 aliphatic rings. The number of para-hydroxylation sites is 1. The second kappa shape index (κ2) is 4.82. The zero-order valence-electron chi connectivity index (χ0n) is 10.2. The highest BCUT2D eigenvalue weighted by molar-refractivity contribution is 5.67. The summed E-state index contributed by atoms with van der Waals surface area (Å²) in [4.78, 5) is 1.92. The van der Waals surface area contributed by atoms with Crippen LogP contribution in [-0.2, 0) is 0 Å². The van der Waals surface area contributed by atoms with Gasteiger partial charge in [0.2, 0.25) is 0 Å². The number of nitrogens with zero attached hydrogens (tertiary/aromatic N) is 3. The highest BCUT2D eigenvalue weighted by Crippen LogP contribution is 2.27. The van der Waals surface area contributed by atoms with Crippen LogP contribution in [0.15, 0.2) is 36.4 Å². The molecule has 0 spiro atoms. The van der Waals surface area contributed by atoms with Crippen molar-refractivity contribution in [3.8, 4) is 17.0 Å². The van der Waals surface area contributed by atoms with Gasteiger partial charge in [-0.2, -0.15) is 0 Å². The van der Waals surface area contributed by atoms with E-state index in [-0.39, 0.29) is 0 Å². The van der Waals surface area contributed by atoms with Gasteiger partial charge in [-0.3, -0.25) is 0 Å². The average Bonchev–Trinajstić information content (AvgIpc) is 2.39. The quantitative estimate of drug-likeness (QED) is 0.809. The van der Waals surface area contributed by atoms with Crippen molar-refractivity contribution in [2.75, 3.05) is 26.1 Å². The van der Waals surface area contributed by atoms with Crippen molar-refractivity contribution in [3.05, 3.63) is 36.4 Å². The number of methoxy groups -OCH3 is 1. The Morgan fingerprint density at radius 2 is 1.76 bits per heavy atom. The van der Waals surface area contributed by atoms with Gasteiger partial charge in [0, 0.05) is 19.7 Å². The first-order valence-corrected chi connectivity index (χ1v) is 5.37. The van der Waals surface area contributed by atoms with Crippen molar-refractivity contribution in [2.45, 2.75) is 0 Å². The summed E-state index contributed by atoms with van der Waals surface area (Å²) in [5.74, 6) is 1.64. The van der Waals surface area contributed by atoms with E-state index in [9.17, 15) is 0 Å². The lowest BCUT2D eigenvalue weighted by atomic mass is 10.1. The van der Waals surface area contributed by atoms with Crippen LogP contribution < -0.4 is 9.64 Å². The molecular weight excluding hydrogens is 214 g/mol. The monoisotopic (exact) mass is 229 g/mol. The Morgan fingerprint density at radius 3 is 2.35 bits per heavy atom. The molecule has 88 valence electrons. The second-order valence-corrected chi connectivity index (χ2v) is 3.87. The Labute approximate surface area is 101 Å². The van der Waals surface area contributed by atoms with Crippen LogP contribution >= 0.6 is 0 Å². The Hall–Kier alpha value is -2.10. The van der Waals surface area contributed by atoms with Gasteiger partial charge in [0.15, 0.2) is 5.82 Å². The number of ether oxygens (including phenoxy) is 1. The fourth-order valence-electron chi connectivity index (χ4n) is 1.56. The molecule has 1 aromatic carbocycles. The SMILES string of the molecule is COc1ccccc1-c1ccc(N(C)C)nn1. The van der Waals surface area contributed by atoms with Gasteiger partial charge in [0.1, 0.15) is 5.75 Å². The molecule has 0 amide bonds. The fraction of sp³-hybridized carbons (Fsp3) is 0.231. The van der Waals surface area contributed by atoms with Gasteiger partial charge >= 0.3 is 0 Å².